The molecule has 0 fully saturated rings. The summed E-state index contributed by atoms with van der Waals surface area (Å²) in [7, 11) is 0. The molecule has 0 bridgehead atoms. The summed E-state index contributed by atoms with van der Waals surface area (Å²) >= 11 is 0. The Hall–Kier alpha value is -1.47. The Morgan fingerprint density at radius 1 is 0.846 bits per heavy atom. The second-order valence-electron chi connectivity index (χ2n) is 5.55. The zero-order valence-electron chi connectivity index (χ0n) is 14.1. The van der Waals surface area contributed by atoms with Gasteiger partial charge < -0.3 is 4.57 Å². The van der Waals surface area contributed by atoms with E-state index in [9.17, 15) is 0 Å². The summed E-state index contributed by atoms with van der Waals surface area (Å²) in [5, 5.41) is 3.88. The van der Waals surface area contributed by atoms with Gasteiger partial charge in [0, 0.05) is 0 Å². The Morgan fingerprint density at radius 2 is 1.58 bits per heavy atom. The maximum absolute atomic E-state index is 2.99. The van der Waals surface area contributed by atoms with Crippen LogP contribution >= 0.6 is 24.8 Å². The van der Waals surface area contributed by atoms with Crippen LogP contribution in [0, 0.1) is 6.08 Å². The Bertz CT molecular complexity index is 929. The van der Waals surface area contributed by atoms with Crippen LogP contribution in [0.3, 0.4) is 0 Å². The van der Waals surface area contributed by atoms with Crippen LogP contribution in [0.4, 0.5) is 0 Å². The van der Waals surface area contributed by atoms with Crippen molar-refractivity contribution in [2.45, 2.75) is 6.42 Å². The van der Waals surface area contributed by atoms with E-state index in [4.69, 9.17) is 0 Å². The van der Waals surface area contributed by atoms with Gasteiger partial charge in [-0.25, -0.2) is 12.2 Å². The second-order valence-corrected chi connectivity index (χ2v) is 5.55. The smallest absolute Gasteiger partial charge is 0.396 e. The van der Waals surface area contributed by atoms with Gasteiger partial charge in [-0.3, -0.25) is 6.08 Å². The maximum atomic E-state index is 2.99. The fourth-order valence-corrected chi connectivity index (χ4v) is 2.98. The number of fused-ring (bicyclic) bond motifs is 2. The van der Waals surface area contributed by atoms with Crippen LogP contribution in [0.1, 0.15) is 6.42 Å². The van der Waals surface area contributed by atoms with Crippen LogP contribution in [0.15, 0.2) is 91.2 Å². The first-order valence-electron chi connectivity index (χ1n) is 7.86. The van der Waals surface area contributed by atoms with Gasteiger partial charge in [0.15, 0.2) is 0 Å². The van der Waals surface area contributed by atoms with Gasteiger partial charge in [-0.15, -0.1) is 43.4 Å². The molecule has 4 heteroatoms. The molecule has 1 aliphatic rings. The molecule has 26 heavy (non-hydrogen) atoms. The number of benzene rings is 2. The third-order valence-electron chi connectivity index (χ3n) is 4.10. The number of allylic oxidation sites excluding steroid dienone is 4. The number of hydrogen-bond donors (Lipinski definition) is 0. The minimum atomic E-state index is 0. The number of rotatable bonds is 1. The summed E-state index contributed by atoms with van der Waals surface area (Å²) in [6.45, 7) is 0. The fourth-order valence-electron chi connectivity index (χ4n) is 2.98. The molecule has 5 rings (SSSR count). The molecule has 0 aliphatic heterocycles. The Labute approximate surface area is 185 Å². The molecule has 0 atom stereocenters. The van der Waals surface area contributed by atoms with Gasteiger partial charge in [0.2, 0.25) is 0 Å². The van der Waals surface area contributed by atoms with Gasteiger partial charge in [0.1, 0.15) is 0 Å². The largest absolute Gasteiger partial charge is 2.00 e. The van der Waals surface area contributed by atoms with Crippen LogP contribution in [0.2, 0.25) is 0 Å². The average Bonchev–Trinajstić information content (AvgIpc) is 3.35. The molecule has 0 spiro atoms. The van der Waals surface area contributed by atoms with E-state index in [1.165, 1.54) is 27.4 Å². The van der Waals surface area contributed by atoms with E-state index in [2.05, 4.69) is 89.6 Å². The van der Waals surface area contributed by atoms with E-state index in [1.807, 2.05) is 12.2 Å². The van der Waals surface area contributed by atoms with E-state index in [0.29, 0.717) is 0 Å². The van der Waals surface area contributed by atoms with Crippen molar-refractivity contribution in [3.63, 3.8) is 0 Å². The van der Waals surface area contributed by atoms with Crippen LogP contribution in [-0.4, -0.2) is 4.57 Å². The second kappa shape index (κ2) is 10.6. The normalized spacial score (nSPS) is 11.2. The standard InChI is InChI=1S/C17H12N.C5H5.2ClH.Zr/c1-3-7-15-13(5-1)9-10-17(15)18-12-11-14-6-2-4-8-16(14)18;1-2-4-5-3-1;;;/h1-12H;1-3H,4H2;2*1H;/q2*-1;;;+2. The van der Waals surface area contributed by atoms with Crippen molar-refractivity contribution in [2.24, 2.45) is 0 Å². The molecule has 0 amide bonds. The van der Waals surface area contributed by atoms with Crippen LogP contribution in [0.25, 0.3) is 27.4 Å². The van der Waals surface area contributed by atoms with E-state index in [-0.39, 0.29) is 51.0 Å². The molecule has 4 aromatic rings. The fraction of sp³-hybridized carbons (Fsp3) is 0.0455. The van der Waals surface area contributed by atoms with Gasteiger partial charge in [0.05, 0.1) is 0 Å². The minimum absolute atomic E-state index is 0. The molecule has 1 aromatic heterocycles. The Balaban J connectivity index is 0.000000372. The number of para-hydroxylation sites is 1. The van der Waals surface area contributed by atoms with Gasteiger partial charge in [0.25, 0.3) is 0 Å². The average molecular weight is 460 g/mol. The summed E-state index contributed by atoms with van der Waals surface area (Å²) in [5.74, 6) is 0. The number of aromatic nitrogens is 1. The molecule has 0 saturated heterocycles. The van der Waals surface area contributed by atoms with Crippen molar-refractivity contribution < 1.29 is 26.2 Å². The third-order valence-corrected chi connectivity index (χ3v) is 4.10. The van der Waals surface area contributed by atoms with Crippen molar-refractivity contribution in [3.8, 4) is 5.69 Å². The maximum Gasteiger partial charge on any atom is 2.00 e. The molecule has 0 N–H and O–H groups in total. The molecule has 130 valence electrons. The first-order valence-corrected chi connectivity index (χ1v) is 7.86. The van der Waals surface area contributed by atoms with E-state index >= 15 is 0 Å². The van der Waals surface area contributed by atoms with Gasteiger partial charge in [-0.05, 0) is 22.8 Å². The zero-order valence-corrected chi connectivity index (χ0v) is 18.2. The van der Waals surface area contributed by atoms with Crippen molar-refractivity contribution >= 4 is 46.5 Å². The van der Waals surface area contributed by atoms with E-state index in [0.717, 1.165) is 6.42 Å². The summed E-state index contributed by atoms with van der Waals surface area (Å²) in [4.78, 5) is 0. The number of hydrogen-bond acceptors (Lipinski definition) is 0. The Morgan fingerprint density at radius 3 is 2.27 bits per heavy atom. The summed E-state index contributed by atoms with van der Waals surface area (Å²) in [6.07, 6.45) is 12.1. The van der Waals surface area contributed by atoms with Crippen LogP contribution in [0.5, 0.6) is 0 Å². The van der Waals surface area contributed by atoms with E-state index in [1.54, 1.807) is 0 Å². The predicted molar refractivity (Wildman–Crippen MR) is 112 cm³/mol. The number of halogens is 2. The molecule has 0 saturated carbocycles. The quantitative estimate of drug-likeness (QED) is 0.281. The molecule has 1 heterocycles. The van der Waals surface area contributed by atoms with Gasteiger partial charge in [-0.2, -0.15) is 6.08 Å². The topological polar surface area (TPSA) is 4.93 Å². The van der Waals surface area contributed by atoms with Gasteiger partial charge >= 0.3 is 26.2 Å². The monoisotopic (exact) mass is 457 g/mol. The summed E-state index contributed by atoms with van der Waals surface area (Å²) in [5.41, 5.74) is 2.51. The first kappa shape index (κ1) is 22.6. The molecule has 0 unspecified atom stereocenters. The predicted octanol–water partition coefficient (Wildman–Crippen LogP) is 6.65. The van der Waals surface area contributed by atoms with E-state index < -0.39 is 0 Å². The zero-order chi connectivity index (χ0) is 15.5. The Kier molecular flexibility index (Phi) is 9.23. The van der Waals surface area contributed by atoms with Crippen molar-refractivity contribution in [1.82, 2.24) is 4.57 Å². The molecule has 0 radical (unpaired) electrons. The molecular weight excluding hydrogens is 440 g/mol. The van der Waals surface area contributed by atoms with Crippen LogP contribution < -0.4 is 0 Å². The summed E-state index contributed by atoms with van der Waals surface area (Å²) < 4.78 is 2.26. The summed E-state index contributed by atoms with van der Waals surface area (Å²) in [6, 6.07) is 23.5. The first-order chi connectivity index (χ1) is 11.4. The SMILES string of the molecule is Cl.Cl.[C-]1=CC=CC1.[Zr+2].c1ccc2c(c1)cc[c-]2-n1ccc2ccccc21. The molecule has 1 nitrogen and oxygen atoms in total. The number of nitrogens with zero attached hydrogens (tertiary/aromatic N) is 1. The van der Waals surface area contributed by atoms with Crippen molar-refractivity contribution in [1.29, 1.82) is 0 Å². The minimum Gasteiger partial charge on any atom is -0.396 e. The molecular formula is C22H19Cl2NZr. The third kappa shape index (κ3) is 4.62. The van der Waals surface area contributed by atoms with Crippen molar-refractivity contribution in [2.75, 3.05) is 0 Å². The van der Waals surface area contributed by atoms with Crippen LogP contribution in [-0.2, 0) is 26.2 Å². The molecule has 1 aliphatic carbocycles. The van der Waals surface area contributed by atoms with Gasteiger partial charge in [-0.1, -0.05) is 65.4 Å². The molecule has 3 aromatic carbocycles. The van der Waals surface area contributed by atoms with Crippen molar-refractivity contribution in [3.05, 3.63) is 97.2 Å².